The smallest absolute Gasteiger partial charge is 0.328 e. The van der Waals surface area contributed by atoms with E-state index in [9.17, 15) is 14.4 Å². The van der Waals surface area contributed by atoms with Crippen LogP contribution in [0.1, 0.15) is 19.8 Å². The number of amides is 3. The van der Waals surface area contributed by atoms with Crippen LogP contribution in [0.3, 0.4) is 0 Å². The van der Waals surface area contributed by atoms with Crippen LogP contribution in [0.25, 0.3) is 0 Å². The summed E-state index contributed by atoms with van der Waals surface area (Å²) in [5.41, 5.74) is 4.86. The van der Waals surface area contributed by atoms with Gasteiger partial charge < -0.3 is 21.1 Å². The van der Waals surface area contributed by atoms with Crippen LogP contribution < -0.4 is 16.4 Å². The molecule has 0 aromatic heterocycles. The van der Waals surface area contributed by atoms with Gasteiger partial charge in [0.2, 0.25) is 5.91 Å². The first-order valence-corrected chi connectivity index (χ1v) is 4.85. The van der Waals surface area contributed by atoms with Crippen LogP contribution in [0, 0.1) is 0 Å². The average Bonchev–Trinajstić information content (AvgIpc) is 2.20. The molecule has 0 saturated carbocycles. The van der Waals surface area contributed by atoms with Gasteiger partial charge in [0, 0.05) is 13.5 Å². The molecule has 7 heteroatoms. The van der Waals surface area contributed by atoms with Gasteiger partial charge >= 0.3 is 12.0 Å². The van der Waals surface area contributed by atoms with Gasteiger partial charge in [-0.3, -0.25) is 4.79 Å². The Morgan fingerprint density at radius 1 is 1.38 bits per heavy atom. The number of esters is 1. The Kier molecular flexibility index (Phi) is 6.66. The minimum atomic E-state index is -0.683. The van der Waals surface area contributed by atoms with Crippen LogP contribution in [0.5, 0.6) is 0 Å². The summed E-state index contributed by atoms with van der Waals surface area (Å²) in [6, 6.07) is -1.30. The van der Waals surface area contributed by atoms with Crippen molar-refractivity contribution in [3.8, 4) is 0 Å². The van der Waals surface area contributed by atoms with E-state index < -0.39 is 18.0 Å². The maximum absolute atomic E-state index is 11.2. The number of hydrogen-bond acceptors (Lipinski definition) is 4. The van der Waals surface area contributed by atoms with Crippen molar-refractivity contribution < 1.29 is 19.1 Å². The third-order valence-electron chi connectivity index (χ3n) is 1.83. The van der Waals surface area contributed by atoms with Gasteiger partial charge in [0.05, 0.1) is 7.11 Å². The van der Waals surface area contributed by atoms with E-state index in [0.29, 0.717) is 19.4 Å². The van der Waals surface area contributed by atoms with Crippen LogP contribution in [-0.4, -0.2) is 37.6 Å². The first kappa shape index (κ1) is 14.2. The van der Waals surface area contributed by atoms with E-state index in [4.69, 9.17) is 5.73 Å². The monoisotopic (exact) mass is 231 g/mol. The number of hydrogen-bond donors (Lipinski definition) is 3. The van der Waals surface area contributed by atoms with Gasteiger partial charge in [0.25, 0.3) is 0 Å². The summed E-state index contributed by atoms with van der Waals surface area (Å²) >= 11 is 0. The van der Waals surface area contributed by atoms with Gasteiger partial charge in [-0.05, 0) is 12.8 Å². The highest BCUT2D eigenvalue weighted by molar-refractivity contribution is 5.83. The largest absolute Gasteiger partial charge is 0.467 e. The Morgan fingerprint density at radius 2 is 2.00 bits per heavy atom. The van der Waals surface area contributed by atoms with Gasteiger partial charge in [-0.1, -0.05) is 0 Å². The summed E-state index contributed by atoms with van der Waals surface area (Å²) < 4.78 is 4.53. The van der Waals surface area contributed by atoms with Gasteiger partial charge in [-0.2, -0.15) is 0 Å². The quantitative estimate of drug-likeness (QED) is 0.407. The molecule has 16 heavy (non-hydrogen) atoms. The number of ether oxygens (including phenoxy) is 1. The second kappa shape index (κ2) is 7.49. The van der Waals surface area contributed by atoms with E-state index in [1.54, 1.807) is 0 Å². The number of nitrogens with one attached hydrogen (secondary N) is 2. The fourth-order valence-corrected chi connectivity index (χ4v) is 1.15. The molecule has 0 fully saturated rings. The molecule has 0 saturated heterocycles. The number of nitrogens with two attached hydrogens (primary N) is 1. The molecule has 0 aliphatic carbocycles. The Hall–Kier alpha value is -1.79. The Balaban J connectivity index is 3.97. The highest BCUT2D eigenvalue weighted by Gasteiger charge is 2.19. The lowest BCUT2D eigenvalue weighted by molar-refractivity contribution is -0.145. The minimum absolute atomic E-state index is 0.307. The third-order valence-corrected chi connectivity index (χ3v) is 1.83. The standard InChI is InChI=1S/C9H17N3O4/c1-6(13)12-7(8(14)16-2)4-3-5-11-9(10)15/h7H,3-5H2,1-2H3,(H,12,13)(H3,10,11,15)/t7-/m0/s1. The van der Waals surface area contributed by atoms with Crippen LogP contribution in [0.2, 0.25) is 0 Å². The van der Waals surface area contributed by atoms with Crippen LogP contribution >= 0.6 is 0 Å². The van der Waals surface area contributed by atoms with E-state index in [1.807, 2.05) is 0 Å². The van der Waals surface area contributed by atoms with Crippen molar-refractivity contribution in [2.75, 3.05) is 13.7 Å². The molecule has 7 nitrogen and oxygen atoms in total. The van der Waals surface area contributed by atoms with Crippen molar-refractivity contribution >= 4 is 17.9 Å². The van der Waals surface area contributed by atoms with Crippen molar-refractivity contribution in [1.29, 1.82) is 0 Å². The number of rotatable bonds is 6. The predicted octanol–water partition coefficient (Wildman–Crippen LogP) is -0.887. The molecular formula is C9H17N3O4. The number of carbonyl (C=O) groups is 3. The van der Waals surface area contributed by atoms with Crippen molar-refractivity contribution in [2.24, 2.45) is 5.73 Å². The lowest BCUT2D eigenvalue weighted by Crippen LogP contribution is -2.41. The van der Waals surface area contributed by atoms with E-state index >= 15 is 0 Å². The molecule has 4 N–H and O–H groups in total. The van der Waals surface area contributed by atoms with Gasteiger partial charge in [0.15, 0.2) is 0 Å². The van der Waals surface area contributed by atoms with Gasteiger partial charge in [0.1, 0.15) is 6.04 Å². The van der Waals surface area contributed by atoms with Crippen molar-refractivity contribution in [2.45, 2.75) is 25.8 Å². The topological polar surface area (TPSA) is 111 Å². The minimum Gasteiger partial charge on any atom is -0.467 e. The number of urea groups is 1. The van der Waals surface area contributed by atoms with Crippen molar-refractivity contribution in [3.63, 3.8) is 0 Å². The summed E-state index contributed by atoms with van der Waals surface area (Å²) in [7, 11) is 1.25. The molecule has 0 radical (unpaired) electrons. The molecule has 0 aliphatic rings. The molecule has 0 unspecified atom stereocenters. The molecule has 0 aliphatic heterocycles. The van der Waals surface area contributed by atoms with E-state index in [1.165, 1.54) is 14.0 Å². The molecule has 0 rings (SSSR count). The molecule has 0 aromatic rings. The maximum Gasteiger partial charge on any atom is 0.328 e. The highest BCUT2D eigenvalue weighted by Crippen LogP contribution is 1.99. The Morgan fingerprint density at radius 3 is 2.44 bits per heavy atom. The second-order valence-corrected chi connectivity index (χ2v) is 3.21. The van der Waals surface area contributed by atoms with E-state index in [0.717, 1.165) is 0 Å². The van der Waals surface area contributed by atoms with Crippen LogP contribution in [0.15, 0.2) is 0 Å². The Labute approximate surface area is 93.7 Å². The SMILES string of the molecule is COC(=O)[C@H](CCCNC(N)=O)NC(C)=O. The molecule has 0 spiro atoms. The Bertz CT molecular complexity index is 267. The molecule has 0 bridgehead atoms. The normalized spacial score (nSPS) is 11.4. The maximum atomic E-state index is 11.2. The summed E-state index contributed by atoms with van der Waals surface area (Å²) in [6.45, 7) is 1.67. The number of primary amides is 1. The number of methoxy groups -OCH3 is 1. The lowest BCUT2D eigenvalue weighted by atomic mass is 10.1. The second-order valence-electron chi connectivity index (χ2n) is 3.21. The van der Waals surface area contributed by atoms with Crippen molar-refractivity contribution in [1.82, 2.24) is 10.6 Å². The van der Waals surface area contributed by atoms with Gasteiger partial charge in [-0.25, -0.2) is 9.59 Å². The molecule has 3 amide bonds. The van der Waals surface area contributed by atoms with Gasteiger partial charge in [-0.15, -0.1) is 0 Å². The zero-order valence-electron chi connectivity index (χ0n) is 9.41. The van der Waals surface area contributed by atoms with E-state index in [-0.39, 0.29) is 5.91 Å². The molecule has 0 aromatic carbocycles. The zero-order chi connectivity index (χ0) is 12.6. The first-order chi connectivity index (χ1) is 7.47. The first-order valence-electron chi connectivity index (χ1n) is 4.85. The average molecular weight is 231 g/mol. The fraction of sp³-hybridized carbons (Fsp3) is 0.667. The molecule has 0 heterocycles. The summed E-state index contributed by atoms with van der Waals surface area (Å²) in [4.78, 5) is 32.4. The highest BCUT2D eigenvalue weighted by atomic mass is 16.5. The molecule has 92 valence electrons. The fourth-order valence-electron chi connectivity index (χ4n) is 1.15. The van der Waals surface area contributed by atoms with Crippen molar-refractivity contribution in [3.05, 3.63) is 0 Å². The molecular weight excluding hydrogens is 214 g/mol. The van der Waals surface area contributed by atoms with Crippen LogP contribution in [0.4, 0.5) is 4.79 Å². The van der Waals surface area contributed by atoms with E-state index in [2.05, 4.69) is 15.4 Å². The zero-order valence-corrected chi connectivity index (χ0v) is 9.41. The summed E-state index contributed by atoms with van der Waals surface area (Å²) in [5.74, 6) is -0.812. The van der Waals surface area contributed by atoms with Crippen LogP contribution in [-0.2, 0) is 14.3 Å². The third kappa shape index (κ3) is 6.63. The summed E-state index contributed by atoms with van der Waals surface area (Å²) in [5, 5.41) is 4.85. The lowest BCUT2D eigenvalue weighted by Gasteiger charge is -2.15. The molecule has 1 atom stereocenters. The number of carbonyl (C=O) groups excluding carboxylic acids is 3. The predicted molar refractivity (Wildman–Crippen MR) is 56.4 cm³/mol. The summed E-state index contributed by atoms with van der Waals surface area (Å²) in [6.07, 6.45) is 0.898.